The van der Waals surface area contributed by atoms with Crippen molar-refractivity contribution in [3.63, 3.8) is 0 Å². The van der Waals surface area contributed by atoms with E-state index in [2.05, 4.69) is 5.32 Å². The lowest BCUT2D eigenvalue weighted by atomic mass is 10.1. The summed E-state index contributed by atoms with van der Waals surface area (Å²) in [5.74, 6) is -1.69. The average molecular weight is 541 g/mol. The summed E-state index contributed by atoms with van der Waals surface area (Å²) in [4.78, 5) is 38.7. The van der Waals surface area contributed by atoms with Crippen molar-refractivity contribution in [3.8, 4) is 11.5 Å². The van der Waals surface area contributed by atoms with E-state index in [1.54, 1.807) is 19.1 Å². The van der Waals surface area contributed by atoms with Crippen molar-refractivity contribution in [1.29, 1.82) is 0 Å². The van der Waals surface area contributed by atoms with Crippen LogP contribution in [0.2, 0.25) is 5.02 Å². The fraction of sp³-hybridized carbons (Fsp3) is 0.115. The number of ether oxygens (including phenoxy) is 1. The number of barbiturate groups is 1. The molecule has 4 rings (SSSR count). The maximum Gasteiger partial charge on any atom is 0.339 e. The van der Waals surface area contributed by atoms with Gasteiger partial charge in [0.1, 0.15) is 10.5 Å². The smallest absolute Gasteiger partial charge is 0.339 e. The van der Waals surface area contributed by atoms with Crippen molar-refractivity contribution in [3.05, 3.63) is 88.5 Å². The van der Waals surface area contributed by atoms with Gasteiger partial charge in [0.05, 0.1) is 12.3 Å². The molecule has 0 spiro atoms. The Bertz CT molecular complexity index is 1520. The van der Waals surface area contributed by atoms with Gasteiger partial charge in [-0.2, -0.15) is 8.42 Å². The van der Waals surface area contributed by atoms with E-state index < -0.39 is 28.0 Å². The molecule has 190 valence electrons. The molecule has 1 saturated heterocycles. The Morgan fingerprint density at radius 1 is 0.946 bits per heavy atom. The minimum absolute atomic E-state index is 0.0248. The molecule has 1 aliphatic heterocycles. The topological polar surface area (TPSA) is 119 Å². The van der Waals surface area contributed by atoms with Crippen LogP contribution in [-0.4, -0.2) is 32.9 Å². The fourth-order valence-electron chi connectivity index (χ4n) is 3.47. The second-order valence-corrected chi connectivity index (χ2v) is 9.91. The van der Waals surface area contributed by atoms with Crippen LogP contribution in [0, 0.1) is 6.92 Å². The van der Waals surface area contributed by atoms with Crippen molar-refractivity contribution >= 4 is 51.3 Å². The van der Waals surface area contributed by atoms with Gasteiger partial charge in [0, 0.05) is 5.02 Å². The van der Waals surface area contributed by atoms with Crippen LogP contribution in [0.25, 0.3) is 6.08 Å². The normalized spacial score (nSPS) is 15.1. The highest BCUT2D eigenvalue weighted by molar-refractivity contribution is 7.87. The van der Waals surface area contributed by atoms with Gasteiger partial charge in [0.25, 0.3) is 11.8 Å². The minimum Gasteiger partial charge on any atom is -0.490 e. The Labute approximate surface area is 218 Å². The lowest BCUT2D eigenvalue weighted by Crippen LogP contribution is -2.54. The summed E-state index contributed by atoms with van der Waals surface area (Å²) >= 11 is 5.89. The van der Waals surface area contributed by atoms with Crippen molar-refractivity contribution in [2.45, 2.75) is 18.7 Å². The number of carbonyl (C=O) groups is 3. The molecule has 0 saturated carbocycles. The fourth-order valence-corrected chi connectivity index (χ4v) is 4.54. The van der Waals surface area contributed by atoms with Crippen LogP contribution in [0.1, 0.15) is 18.1 Å². The van der Waals surface area contributed by atoms with Gasteiger partial charge in [0.15, 0.2) is 11.5 Å². The highest BCUT2D eigenvalue weighted by Crippen LogP contribution is 2.32. The maximum absolute atomic E-state index is 13.1. The highest BCUT2D eigenvalue weighted by atomic mass is 35.5. The Morgan fingerprint density at radius 2 is 1.62 bits per heavy atom. The van der Waals surface area contributed by atoms with Crippen molar-refractivity contribution in [2.75, 3.05) is 11.5 Å². The van der Waals surface area contributed by atoms with E-state index in [4.69, 9.17) is 20.5 Å². The first-order valence-electron chi connectivity index (χ1n) is 11.0. The number of urea groups is 1. The number of benzene rings is 3. The summed E-state index contributed by atoms with van der Waals surface area (Å²) in [6, 6.07) is 15.5. The van der Waals surface area contributed by atoms with Gasteiger partial charge >= 0.3 is 16.1 Å². The van der Waals surface area contributed by atoms with E-state index in [1.807, 2.05) is 6.92 Å². The number of nitrogens with one attached hydrogen (secondary N) is 1. The number of halogens is 1. The van der Waals surface area contributed by atoms with Crippen LogP contribution < -0.4 is 19.1 Å². The summed E-state index contributed by atoms with van der Waals surface area (Å²) in [6.07, 6.45) is 1.27. The number of aryl methyl sites for hydroxylation is 1. The standard InChI is InChI=1S/C26H21ClN2O7S/c1-3-35-23-15-17(6-13-22(23)36-37(33,34)20-11-4-16(2)5-12-20)14-21-24(30)28-26(32)29(25(21)31)19-9-7-18(27)8-10-19/h4-15H,3H2,1-2H3,(H,28,30,32)/b21-14+. The zero-order valence-electron chi connectivity index (χ0n) is 19.7. The second kappa shape index (κ2) is 10.5. The first-order chi connectivity index (χ1) is 17.6. The third-order valence-corrected chi connectivity index (χ3v) is 6.77. The van der Waals surface area contributed by atoms with Crippen LogP contribution in [0.5, 0.6) is 11.5 Å². The molecule has 1 fully saturated rings. The number of rotatable bonds is 7. The third kappa shape index (κ3) is 5.65. The Hall–Kier alpha value is -4.15. The largest absolute Gasteiger partial charge is 0.490 e. The molecule has 0 bridgehead atoms. The summed E-state index contributed by atoms with van der Waals surface area (Å²) < 4.78 is 36.4. The summed E-state index contributed by atoms with van der Waals surface area (Å²) in [5.41, 5.74) is 1.15. The molecule has 1 heterocycles. The maximum atomic E-state index is 13.1. The Kier molecular flexibility index (Phi) is 7.33. The molecule has 9 nitrogen and oxygen atoms in total. The van der Waals surface area contributed by atoms with E-state index >= 15 is 0 Å². The van der Waals surface area contributed by atoms with E-state index in [1.165, 1.54) is 60.7 Å². The quantitative estimate of drug-likeness (QED) is 0.266. The van der Waals surface area contributed by atoms with E-state index in [-0.39, 0.29) is 34.3 Å². The molecule has 3 aromatic rings. The summed E-state index contributed by atoms with van der Waals surface area (Å²) in [5, 5.41) is 2.55. The van der Waals surface area contributed by atoms with E-state index in [9.17, 15) is 22.8 Å². The molecular formula is C26H21ClN2O7S. The predicted octanol–water partition coefficient (Wildman–Crippen LogP) is 4.48. The summed E-state index contributed by atoms with van der Waals surface area (Å²) in [6.45, 7) is 3.73. The van der Waals surface area contributed by atoms with Gasteiger partial charge in [-0.05, 0) is 74.0 Å². The molecule has 4 amide bonds. The van der Waals surface area contributed by atoms with E-state index in [0.717, 1.165) is 10.5 Å². The van der Waals surface area contributed by atoms with Crippen LogP contribution >= 0.6 is 11.6 Å². The lowest BCUT2D eigenvalue weighted by molar-refractivity contribution is -0.122. The molecule has 1 N–H and O–H groups in total. The van der Waals surface area contributed by atoms with Gasteiger partial charge in [-0.3, -0.25) is 14.9 Å². The number of hydrogen-bond acceptors (Lipinski definition) is 7. The van der Waals surface area contributed by atoms with Crippen molar-refractivity contribution in [1.82, 2.24) is 5.32 Å². The number of amides is 4. The first kappa shape index (κ1) is 25.9. The number of carbonyl (C=O) groups excluding carboxylic acids is 3. The van der Waals surface area contributed by atoms with Crippen molar-refractivity contribution in [2.24, 2.45) is 0 Å². The monoisotopic (exact) mass is 540 g/mol. The third-order valence-electron chi connectivity index (χ3n) is 5.27. The number of anilines is 1. The highest BCUT2D eigenvalue weighted by Gasteiger charge is 2.36. The van der Waals surface area contributed by atoms with Crippen LogP contribution in [0.15, 0.2) is 77.2 Å². The van der Waals surface area contributed by atoms with Crippen molar-refractivity contribution < 1.29 is 31.7 Å². The average Bonchev–Trinajstić information content (AvgIpc) is 2.84. The van der Waals surface area contributed by atoms with Crippen LogP contribution in [-0.2, 0) is 19.7 Å². The van der Waals surface area contributed by atoms with Crippen LogP contribution in [0.4, 0.5) is 10.5 Å². The van der Waals surface area contributed by atoms with Gasteiger partial charge < -0.3 is 8.92 Å². The molecule has 11 heteroatoms. The van der Waals surface area contributed by atoms with Gasteiger partial charge in [-0.1, -0.05) is 35.4 Å². The molecule has 37 heavy (non-hydrogen) atoms. The summed E-state index contributed by atoms with van der Waals surface area (Å²) in [7, 11) is -4.14. The van der Waals surface area contributed by atoms with Gasteiger partial charge in [0.2, 0.25) is 0 Å². The Morgan fingerprint density at radius 3 is 2.27 bits per heavy atom. The zero-order valence-corrected chi connectivity index (χ0v) is 21.3. The predicted molar refractivity (Wildman–Crippen MR) is 137 cm³/mol. The molecule has 0 atom stereocenters. The lowest BCUT2D eigenvalue weighted by Gasteiger charge is -2.26. The molecule has 0 aromatic heterocycles. The zero-order chi connectivity index (χ0) is 26.7. The molecule has 0 radical (unpaired) electrons. The van der Waals surface area contributed by atoms with E-state index in [0.29, 0.717) is 10.6 Å². The first-order valence-corrected chi connectivity index (χ1v) is 12.8. The minimum atomic E-state index is -4.14. The molecule has 0 aliphatic carbocycles. The molecule has 1 aliphatic rings. The second-order valence-electron chi connectivity index (χ2n) is 7.92. The molecule has 0 unspecified atom stereocenters. The number of hydrogen-bond donors (Lipinski definition) is 1. The number of nitrogens with zero attached hydrogens (tertiary/aromatic N) is 1. The molecule has 3 aromatic carbocycles. The molecular weight excluding hydrogens is 520 g/mol. The van der Waals surface area contributed by atoms with Gasteiger partial charge in [-0.25, -0.2) is 9.69 Å². The van der Waals surface area contributed by atoms with Crippen LogP contribution in [0.3, 0.4) is 0 Å². The number of imide groups is 2. The SMILES string of the molecule is CCOc1cc(/C=C2\C(=O)NC(=O)N(c3ccc(Cl)cc3)C2=O)ccc1OS(=O)(=O)c1ccc(C)cc1. The van der Waals surface area contributed by atoms with Gasteiger partial charge in [-0.15, -0.1) is 0 Å². The Balaban J connectivity index is 1.67.